The van der Waals surface area contributed by atoms with Crippen LogP contribution in [0.4, 0.5) is 25.3 Å². The fraction of sp³-hybridized carbons (Fsp3) is 0.750. The first-order chi connectivity index (χ1) is 7.93. The predicted octanol–water partition coefficient (Wildman–Crippen LogP) is 1.91. The molecule has 0 aliphatic heterocycles. The molecule has 18 heavy (non-hydrogen) atoms. The molecule has 106 valence electrons. The lowest BCUT2D eigenvalue weighted by Gasteiger charge is -2.12. The van der Waals surface area contributed by atoms with Gasteiger partial charge in [0.05, 0.1) is 0 Å². The summed E-state index contributed by atoms with van der Waals surface area (Å²) in [6.07, 6.45) is -5.72. The van der Waals surface area contributed by atoms with Gasteiger partial charge in [0, 0.05) is 0 Å². The molecule has 0 aromatic carbocycles. The molecule has 0 saturated heterocycles. The Morgan fingerprint density at radius 2 is 1.50 bits per heavy atom. The molecule has 0 spiro atoms. The van der Waals surface area contributed by atoms with Crippen molar-refractivity contribution in [3.8, 4) is 0 Å². The lowest BCUT2D eigenvalue weighted by Crippen LogP contribution is -2.47. The van der Waals surface area contributed by atoms with Crippen LogP contribution in [-0.2, 0) is 4.74 Å². The zero-order valence-electron chi connectivity index (χ0n) is 7.82. The van der Waals surface area contributed by atoms with Gasteiger partial charge in [-0.05, 0) is 0 Å². The summed E-state index contributed by atoms with van der Waals surface area (Å²) < 4.78 is 75.3. The molecule has 14 heteroatoms. The van der Waals surface area contributed by atoms with Crippen molar-refractivity contribution in [1.82, 2.24) is 0 Å². The maximum absolute atomic E-state index is 12.9. The summed E-state index contributed by atoms with van der Waals surface area (Å²) in [6.45, 7) is -2.43. The third-order valence-electron chi connectivity index (χ3n) is 1.32. The number of nitrogens with zero attached hydrogens (tertiary/aromatic N) is 2. The quantitative estimate of drug-likeness (QED) is 0.197. The van der Waals surface area contributed by atoms with Gasteiger partial charge in [0.1, 0.15) is 9.85 Å². The van der Waals surface area contributed by atoms with Gasteiger partial charge in [-0.25, -0.2) is 0 Å². The number of alkyl halides is 4. The smallest absolute Gasteiger partial charge is 0.313 e. The average molecular weight is 304 g/mol. The third kappa shape index (κ3) is 3.80. The molecule has 0 aromatic heterocycles. The van der Waals surface area contributed by atoms with Crippen molar-refractivity contribution in [2.45, 2.75) is 12.1 Å². The van der Waals surface area contributed by atoms with Crippen LogP contribution in [0.2, 0.25) is 0 Å². The third-order valence-corrected chi connectivity index (χ3v) is 1.95. The Balaban J connectivity index is 5.10. The number of nitro groups is 2. The lowest BCUT2D eigenvalue weighted by molar-refractivity contribution is -0.832. The fourth-order valence-corrected chi connectivity index (χ4v) is 0.866. The van der Waals surface area contributed by atoms with E-state index >= 15 is 0 Å². The number of rotatable bonds is 4. The van der Waals surface area contributed by atoms with Crippen molar-refractivity contribution < 1.29 is 39.9 Å². The summed E-state index contributed by atoms with van der Waals surface area (Å²) in [5.41, 5.74) is 0. The van der Waals surface area contributed by atoms with E-state index in [1.54, 1.807) is 0 Å². The Labute approximate surface area is 96.1 Å². The Morgan fingerprint density at radius 1 is 1.11 bits per heavy atom. The van der Waals surface area contributed by atoms with E-state index < -0.39 is 44.9 Å². The van der Waals surface area contributed by atoms with Crippen molar-refractivity contribution in [2.75, 3.05) is 6.61 Å². The average Bonchev–Trinajstić information content (AvgIpc) is 2.13. The van der Waals surface area contributed by atoms with Gasteiger partial charge in [0.15, 0.2) is 0 Å². The molecule has 0 rings (SSSR count). The van der Waals surface area contributed by atoms with Crippen LogP contribution in [0, 0.1) is 20.2 Å². The molecular weight excluding hydrogens is 302 g/mol. The summed E-state index contributed by atoms with van der Waals surface area (Å²) >= 11 is -4.53. The Bertz CT molecular complexity index is 378. The second-order valence-electron chi connectivity index (χ2n) is 2.52. The van der Waals surface area contributed by atoms with Crippen LogP contribution in [0.15, 0.2) is 0 Å². The number of halogens is 6. The van der Waals surface area contributed by atoms with Crippen LogP contribution in [-0.4, -0.2) is 33.6 Å². The fourth-order valence-electron chi connectivity index (χ4n) is 0.543. The van der Waals surface area contributed by atoms with Gasteiger partial charge in [-0.3, -0.25) is 20.2 Å². The van der Waals surface area contributed by atoms with Crippen LogP contribution in [0.25, 0.3) is 0 Å². The van der Waals surface area contributed by atoms with Gasteiger partial charge >= 0.3 is 12.1 Å². The number of hydrogen-bond acceptors (Lipinski definition) is 5. The maximum Gasteiger partial charge on any atom is 0.638 e. The van der Waals surface area contributed by atoms with Gasteiger partial charge < -0.3 is 4.74 Å². The number of hydrogen-bond donors (Lipinski definition) is 0. The maximum atomic E-state index is 12.9. The molecule has 0 N–H and O–H groups in total. The highest BCUT2D eigenvalue weighted by Gasteiger charge is 2.60. The van der Waals surface area contributed by atoms with E-state index in [0.29, 0.717) is 0 Å². The first kappa shape index (κ1) is 16.6. The Morgan fingerprint density at radius 3 is 1.72 bits per heavy atom. The van der Waals surface area contributed by atoms with E-state index in [-0.39, 0.29) is 0 Å². The minimum absolute atomic E-state index is 2.20. The molecule has 7 nitrogen and oxygen atoms in total. The van der Waals surface area contributed by atoms with Crippen molar-refractivity contribution in [3.63, 3.8) is 0 Å². The van der Waals surface area contributed by atoms with E-state index in [1.807, 2.05) is 0 Å². The van der Waals surface area contributed by atoms with E-state index in [1.165, 1.54) is 0 Å². The topological polar surface area (TPSA) is 95.5 Å². The first-order valence-electron chi connectivity index (χ1n) is 3.54. The van der Waals surface area contributed by atoms with Gasteiger partial charge in [0.25, 0.3) is 0 Å². The van der Waals surface area contributed by atoms with Gasteiger partial charge in [-0.1, -0.05) is 4.39 Å². The van der Waals surface area contributed by atoms with Crippen molar-refractivity contribution in [3.05, 3.63) is 20.2 Å². The molecular formula is C4H2F6N2O5S. The molecule has 0 radical (unpaired) electrons. The second-order valence-corrected chi connectivity index (χ2v) is 3.32. The second kappa shape index (κ2) is 5.47. The molecule has 0 unspecified atom stereocenters. The molecule has 0 heterocycles. The molecule has 0 aliphatic rings. The highest BCUT2D eigenvalue weighted by molar-refractivity contribution is 8.06. The highest BCUT2D eigenvalue weighted by Crippen LogP contribution is 2.30. The van der Waals surface area contributed by atoms with Gasteiger partial charge in [0.2, 0.25) is 22.9 Å². The Hall–Kier alpha value is -1.44. The lowest BCUT2D eigenvalue weighted by atomic mass is 10.5. The predicted molar refractivity (Wildman–Crippen MR) is 44.6 cm³/mol. The minimum Gasteiger partial charge on any atom is -0.313 e. The normalized spacial score (nSPS) is 12.6. The van der Waals surface area contributed by atoms with E-state index in [9.17, 15) is 45.6 Å². The van der Waals surface area contributed by atoms with Crippen molar-refractivity contribution >= 4 is 16.3 Å². The van der Waals surface area contributed by atoms with E-state index in [0.717, 1.165) is 0 Å². The summed E-state index contributed by atoms with van der Waals surface area (Å²) in [7, 11) is 0. The van der Waals surface area contributed by atoms with E-state index in [2.05, 4.69) is 4.74 Å². The molecule has 0 saturated carbocycles. The summed E-state index contributed by atoms with van der Waals surface area (Å²) in [4.78, 5) is 15.5. The molecule has 0 fully saturated rings. The monoisotopic (exact) mass is 304 g/mol. The number of ether oxygens (including phenoxy) is 1. The molecule has 0 aromatic rings. The largest absolute Gasteiger partial charge is 0.638 e. The van der Waals surface area contributed by atoms with Crippen LogP contribution >= 0.6 is 11.3 Å². The summed E-state index contributed by atoms with van der Waals surface area (Å²) in [5.74, 6) is -4.64. The zero-order valence-corrected chi connectivity index (χ0v) is 8.64. The van der Waals surface area contributed by atoms with Crippen molar-refractivity contribution in [1.29, 1.82) is 0 Å². The molecule has 0 bridgehead atoms. The first-order valence-corrected chi connectivity index (χ1v) is 4.57. The SMILES string of the molecule is O=[N+]([O-])C(F)(COC(=S(F)F)C(F)(F)F)[N+](=O)[O-]. The molecule has 0 amide bonds. The van der Waals surface area contributed by atoms with Crippen LogP contribution in [0.5, 0.6) is 0 Å². The zero-order chi connectivity index (χ0) is 14.7. The highest BCUT2D eigenvalue weighted by atomic mass is 32.2. The van der Waals surface area contributed by atoms with Gasteiger partial charge in [-0.2, -0.15) is 13.2 Å². The Kier molecular flexibility index (Phi) is 5.03. The van der Waals surface area contributed by atoms with Crippen LogP contribution in [0.3, 0.4) is 0 Å². The van der Waals surface area contributed by atoms with Gasteiger partial charge in [-0.15, -0.1) is 7.77 Å². The van der Waals surface area contributed by atoms with E-state index in [4.69, 9.17) is 0 Å². The molecule has 0 aliphatic carbocycles. The standard InChI is InChI=1S/C4H2F6N2O5S/c5-3(11(13)14,12(15)16)1-17-2(18(9)10)4(6,7)8/h1H2. The minimum atomic E-state index is -5.72. The van der Waals surface area contributed by atoms with Crippen LogP contribution in [0.1, 0.15) is 0 Å². The van der Waals surface area contributed by atoms with Crippen molar-refractivity contribution in [2.24, 2.45) is 0 Å². The summed E-state index contributed by atoms with van der Waals surface area (Å²) in [6, 6.07) is 0. The molecule has 0 atom stereocenters. The summed E-state index contributed by atoms with van der Waals surface area (Å²) in [5, 5.41) is 16.9. The van der Waals surface area contributed by atoms with Crippen LogP contribution < -0.4 is 0 Å².